The average molecular weight is 902 g/mol. The van der Waals surface area contributed by atoms with Gasteiger partial charge < -0.3 is 20.1 Å². The maximum atomic E-state index is 12.7. The van der Waals surface area contributed by atoms with Gasteiger partial charge >= 0.3 is 19.8 Å². The molecule has 370 valence electrons. The van der Waals surface area contributed by atoms with Gasteiger partial charge in [0.15, 0.2) is 6.10 Å². The lowest BCUT2D eigenvalue weighted by atomic mass is 10.0. The van der Waals surface area contributed by atoms with Crippen molar-refractivity contribution in [1.82, 2.24) is 0 Å². The first kappa shape index (κ1) is 61.0. The Morgan fingerprint density at radius 1 is 0.419 bits per heavy atom. The van der Waals surface area contributed by atoms with E-state index >= 15 is 0 Å². The highest BCUT2D eigenvalue weighted by atomic mass is 31.2. The SMILES string of the molecule is CCCCCCCCCCCCCCCCCCCCCCCCCC(=O)OC(COC(=O)CCCCCCCCCCCCCCCCCCCC)COP(=O)(O)OCCN. The van der Waals surface area contributed by atoms with Crippen LogP contribution in [0.3, 0.4) is 0 Å². The lowest BCUT2D eigenvalue weighted by molar-refractivity contribution is -0.161. The van der Waals surface area contributed by atoms with Crippen molar-refractivity contribution in [2.24, 2.45) is 5.73 Å². The van der Waals surface area contributed by atoms with Crippen LogP contribution in [0.4, 0.5) is 0 Å². The molecule has 0 aromatic heterocycles. The highest BCUT2D eigenvalue weighted by molar-refractivity contribution is 7.47. The summed E-state index contributed by atoms with van der Waals surface area (Å²) in [5, 5.41) is 0. The summed E-state index contributed by atoms with van der Waals surface area (Å²) in [5.74, 6) is -0.804. The van der Waals surface area contributed by atoms with Gasteiger partial charge in [0.25, 0.3) is 0 Å². The van der Waals surface area contributed by atoms with Crippen LogP contribution in [-0.4, -0.2) is 49.3 Å². The monoisotopic (exact) mass is 902 g/mol. The van der Waals surface area contributed by atoms with E-state index in [1.807, 2.05) is 0 Å². The van der Waals surface area contributed by atoms with Gasteiger partial charge in [-0.05, 0) is 12.8 Å². The minimum Gasteiger partial charge on any atom is -0.462 e. The molecule has 0 aliphatic carbocycles. The van der Waals surface area contributed by atoms with Crippen LogP contribution in [-0.2, 0) is 32.7 Å². The van der Waals surface area contributed by atoms with Crippen molar-refractivity contribution >= 4 is 19.8 Å². The second-order valence-electron chi connectivity index (χ2n) is 18.5. The molecule has 0 aliphatic rings. The van der Waals surface area contributed by atoms with E-state index in [1.54, 1.807) is 0 Å². The van der Waals surface area contributed by atoms with Crippen LogP contribution in [0.5, 0.6) is 0 Å². The number of phosphoric acid groups is 1. The van der Waals surface area contributed by atoms with Gasteiger partial charge in [0.05, 0.1) is 13.2 Å². The Bertz CT molecular complexity index is 984. The third-order valence-electron chi connectivity index (χ3n) is 12.2. The minimum absolute atomic E-state index is 0.0585. The average Bonchev–Trinajstić information content (AvgIpc) is 3.26. The van der Waals surface area contributed by atoms with E-state index in [9.17, 15) is 19.0 Å². The first-order chi connectivity index (χ1) is 30.3. The molecule has 3 N–H and O–H groups in total. The fourth-order valence-electron chi connectivity index (χ4n) is 8.23. The predicted molar refractivity (Wildman–Crippen MR) is 262 cm³/mol. The standard InChI is InChI=1S/C52H104NO8P/c1-3-5-7-9-11-13-15-17-19-21-23-24-25-26-27-29-31-33-35-37-39-41-43-45-52(55)61-50(49-60-62(56,57)59-47-46-53)48-58-51(54)44-42-40-38-36-34-32-30-28-22-20-18-16-14-12-10-8-6-4-2/h50H,3-49,53H2,1-2H3,(H,56,57). The molecular weight excluding hydrogens is 798 g/mol. The Morgan fingerprint density at radius 2 is 0.694 bits per heavy atom. The number of carbonyl (C=O) groups is 2. The number of rotatable bonds is 52. The maximum Gasteiger partial charge on any atom is 0.472 e. The summed E-state index contributed by atoms with van der Waals surface area (Å²) in [4.78, 5) is 35.1. The molecule has 9 nitrogen and oxygen atoms in total. The summed E-state index contributed by atoms with van der Waals surface area (Å²) in [6, 6.07) is 0. The molecule has 0 fully saturated rings. The number of hydrogen-bond donors (Lipinski definition) is 2. The van der Waals surface area contributed by atoms with E-state index in [4.69, 9.17) is 24.3 Å². The third-order valence-corrected chi connectivity index (χ3v) is 13.2. The zero-order valence-corrected chi connectivity index (χ0v) is 42.0. The van der Waals surface area contributed by atoms with Crippen LogP contribution < -0.4 is 5.73 Å². The van der Waals surface area contributed by atoms with E-state index in [-0.39, 0.29) is 38.6 Å². The van der Waals surface area contributed by atoms with Crippen molar-refractivity contribution in [2.45, 2.75) is 296 Å². The van der Waals surface area contributed by atoms with Crippen LogP contribution in [0.15, 0.2) is 0 Å². The van der Waals surface area contributed by atoms with E-state index in [0.29, 0.717) is 6.42 Å². The summed E-state index contributed by atoms with van der Waals surface area (Å²) < 4.78 is 33.0. The number of esters is 2. The number of ether oxygens (including phenoxy) is 2. The molecule has 2 unspecified atom stereocenters. The van der Waals surface area contributed by atoms with Crippen LogP contribution in [0.25, 0.3) is 0 Å². The molecule has 0 saturated carbocycles. The summed E-state index contributed by atoms with van der Waals surface area (Å²) in [6.07, 6.45) is 52.9. The number of unbranched alkanes of at least 4 members (excludes halogenated alkanes) is 39. The van der Waals surface area contributed by atoms with Crippen molar-refractivity contribution in [3.63, 3.8) is 0 Å². The Morgan fingerprint density at radius 3 is 0.984 bits per heavy atom. The zero-order chi connectivity index (χ0) is 45.3. The van der Waals surface area contributed by atoms with Crippen LogP contribution in [0.1, 0.15) is 290 Å². The second kappa shape index (κ2) is 49.4. The maximum absolute atomic E-state index is 12.7. The van der Waals surface area contributed by atoms with Crippen molar-refractivity contribution in [3.05, 3.63) is 0 Å². The molecule has 10 heteroatoms. The number of carbonyl (C=O) groups excluding carboxylic acids is 2. The van der Waals surface area contributed by atoms with E-state index in [0.717, 1.165) is 32.1 Å². The molecule has 0 radical (unpaired) electrons. The topological polar surface area (TPSA) is 134 Å². The van der Waals surface area contributed by atoms with Gasteiger partial charge in [-0.15, -0.1) is 0 Å². The Labute approximate surface area is 384 Å². The molecule has 0 heterocycles. The third kappa shape index (κ3) is 48.5. The van der Waals surface area contributed by atoms with Gasteiger partial charge in [-0.1, -0.05) is 264 Å². The summed E-state index contributed by atoms with van der Waals surface area (Å²) in [6.45, 7) is 3.81. The van der Waals surface area contributed by atoms with Gasteiger partial charge in [0.2, 0.25) is 0 Å². The first-order valence-corrected chi connectivity index (χ1v) is 28.5. The minimum atomic E-state index is -4.38. The van der Waals surface area contributed by atoms with Crippen molar-refractivity contribution in [2.75, 3.05) is 26.4 Å². The summed E-state index contributed by atoms with van der Waals surface area (Å²) in [5.41, 5.74) is 5.37. The summed E-state index contributed by atoms with van der Waals surface area (Å²) >= 11 is 0. The Balaban J connectivity index is 3.95. The highest BCUT2D eigenvalue weighted by Gasteiger charge is 2.26. The molecule has 0 saturated heterocycles. The molecule has 0 aliphatic heterocycles. The lowest BCUT2D eigenvalue weighted by Crippen LogP contribution is -2.29. The highest BCUT2D eigenvalue weighted by Crippen LogP contribution is 2.43. The summed E-state index contributed by atoms with van der Waals surface area (Å²) in [7, 11) is -4.38. The Kier molecular flexibility index (Phi) is 48.7. The second-order valence-corrected chi connectivity index (χ2v) is 19.9. The fourth-order valence-corrected chi connectivity index (χ4v) is 8.99. The molecule has 62 heavy (non-hydrogen) atoms. The van der Waals surface area contributed by atoms with Crippen molar-refractivity contribution in [1.29, 1.82) is 0 Å². The predicted octanol–water partition coefficient (Wildman–Crippen LogP) is 16.3. The van der Waals surface area contributed by atoms with Crippen LogP contribution in [0.2, 0.25) is 0 Å². The van der Waals surface area contributed by atoms with Gasteiger partial charge in [-0.25, -0.2) is 4.57 Å². The van der Waals surface area contributed by atoms with Crippen LogP contribution >= 0.6 is 7.82 Å². The molecule has 0 rings (SSSR count). The van der Waals surface area contributed by atoms with Crippen molar-refractivity contribution in [3.8, 4) is 0 Å². The molecule has 0 aromatic carbocycles. The van der Waals surface area contributed by atoms with Gasteiger partial charge in [-0.3, -0.25) is 18.6 Å². The molecule has 0 amide bonds. The number of hydrogen-bond acceptors (Lipinski definition) is 8. The van der Waals surface area contributed by atoms with E-state index in [1.165, 1.54) is 225 Å². The quantitative estimate of drug-likeness (QED) is 0.0347. The first-order valence-electron chi connectivity index (χ1n) is 27.0. The molecule has 2 atom stereocenters. The number of nitrogens with two attached hydrogens (primary N) is 1. The molecule has 0 spiro atoms. The normalized spacial score (nSPS) is 13.0. The fraction of sp³-hybridized carbons (Fsp3) is 0.962. The number of phosphoric ester groups is 1. The van der Waals surface area contributed by atoms with E-state index < -0.39 is 26.5 Å². The zero-order valence-electron chi connectivity index (χ0n) is 41.1. The van der Waals surface area contributed by atoms with Gasteiger partial charge in [0, 0.05) is 19.4 Å². The van der Waals surface area contributed by atoms with E-state index in [2.05, 4.69) is 13.8 Å². The molecular formula is C52H104NO8P. The van der Waals surface area contributed by atoms with Gasteiger partial charge in [-0.2, -0.15) is 0 Å². The molecule has 0 bridgehead atoms. The van der Waals surface area contributed by atoms with Crippen molar-refractivity contribution < 1.29 is 37.6 Å². The Hall–Kier alpha value is -0.990. The molecule has 0 aromatic rings. The largest absolute Gasteiger partial charge is 0.472 e. The van der Waals surface area contributed by atoms with Crippen LogP contribution in [0, 0.1) is 0 Å². The van der Waals surface area contributed by atoms with Gasteiger partial charge in [0.1, 0.15) is 6.61 Å². The lowest BCUT2D eigenvalue weighted by Gasteiger charge is -2.19. The smallest absolute Gasteiger partial charge is 0.462 e.